The number of hydrogen-bond donors (Lipinski definition) is 1. The Balaban J connectivity index is 2.07. The standard InChI is InChI=1S/C26H29N3O7S2/c1-18(2)36-26(28-38(34,35)24-16-12-22(13-17-24)29(30)31)20(4)25(21-8-6-5-7-9-21)27-37(32,33)23-14-10-19(3)11-15-23/h5-18,20,25,27H,1-4H3. The van der Waals surface area contributed by atoms with Gasteiger partial charge in [0.05, 0.1) is 32.8 Å². The monoisotopic (exact) mass is 559 g/mol. The predicted molar refractivity (Wildman–Crippen MR) is 144 cm³/mol. The van der Waals surface area contributed by atoms with Crippen LogP contribution >= 0.6 is 0 Å². The summed E-state index contributed by atoms with van der Waals surface area (Å²) in [5.74, 6) is -1.08. The molecule has 2 atom stereocenters. The highest BCUT2D eigenvalue weighted by Gasteiger charge is 2.32. The lowest BCUT2D eigenvalue weighted by Gasteiger charge is -2.27. The van der Waals surface area contributed by atoms with Crippen LogP contribution in [0.3, 0.4) is 0 Å². The van der Waals surface area contributed by atoms with Crippen LogP contribution in [0.4, 0.5) is 5.69 Å². The lowest BCUT2D eigenvalue weighted by Crippen LogP contribution is -2.37. The first kappa shape index (κ1) is 29.0. The average Bonchev–Trinajstić information content (AvgIpc) is 2.87. The van der Waals surface area contributed by atoms with Crippen molar-refractivity contribution in [3.8, 4) is 0 Å². The van der Waals surface area contributed by atoms with Gasteiger partial charge in [-0.2, -0.15) is 8.42 Å². The lowest BCUT2D eigenvalue weighted by molar-refractivity contribution is -0.384. The predicted octanol–water partition coefficient (Wildman–Crippen LogP) is 4.77. The fraction of sp³-hybridized carbons (Fsp3) is 0.269. The fourth-order valence-electron chi connectivity index (χ4n) is 3.58. The van der Waals surface area contributed by atoms with Crippen molar-refractivity contribution < 1.29 is 26.5 Å². The summed E-state index contributed by atoms with van der Waals surface area (Å²) in [6, 6.07) is 18.4. The quantitative estimate of drug-likeness (QED) is 0.163. The highest BCUT2D eigenvalue weighted by molar-refractivity contribution is 7.90. The molecule has 0 aliphatic rings. The molecule has 0 radical (unpaired) electrons. The van der Waals surface area contributed by atoms with Crippen LogP contribution < -0.4 is 4.72 Å². The van der Waals surface area contributed by atoms with Crippen LogP contribution in [-0.4, -0.2) is 33.8 Å². The van der Waals surface area contributed by atoms with Gasteiger partial charge in [-0.1, -0.05) is 55.0 Å². The third kappa shape index (κ3) is 7.24. The second kappa shape index (κ2) is 11.8. The molecule has 0 amide bonds. The molecule has 3 rings (SSSR count). The molecule has 38 heavy (non-hydrogen) atoms. The van der Waals surface area contributed by atoms with Crippen LogP contribution in [-0.2, 0) is 24.8 Å². The number of hydrogen-bond acceptors (Lipinski definition) is 7. The van der Waals surface area contributed by atoms with Gasteiger partial charge in [0.1, 0.15) is 0 Å². The number of nitro groups is 1. The topological polar surface area (TPSA) is 145 Å². The first-order valence-corrected chi connectivity index (χ1v) is 14.6. The normalized spacial score (nSPS) is 14.2. The summed E-state index contributed by atoms with van der Waals surface area (Å²) in [5, 5.41) is 10.9. The Kier molecular flexibility index (Phi) is 9.02. The van der Waals surface area contributed by atoms with E-state index in [0.717, 1.165) is 29.8 Å². The molecule has 0 bridgehead atoms. The van der Waals surface area contributed by atoms with Crippen molar-refractivity contribution in [3.63, 3.8) is 0 Å². The van der Waals surface area contributed by atoms with Crippen molar-refractivity contribution in [2.45, 2.75) is 49.6 Å². The third-order valence-corrected chi connectivity index (χ3v) is 8.32. The second-order valence-electron chi connectivity index (χ2n) is 8.93. The van der Waals surface area contributed by atoms with Crippen molar-refractivity contribution in [1.82, 2.24) is 4.72 Å². The molecule has 0 saturated heterocycles. The van der Waals surface area contributed by atoms with E-state index < -0.39 is 43.0 Å². The summed E-state index contributed by atoms with van der Waals surface area (Å²) in [6.07, 6.45) is -0.478. The molecule has 3 aromatic rings. The first-order valence-electron chi connectivity index (χ1n) is 11.7. The lowest BCUT2D eigenvalue weighted by atomic mass is 9.95. The second-order valence-corrected chi connectivity index (χ2v) is 12.3. The summed E-state index contributed by atoms with van der Waals surface area (Å²) in [6.45, 7) is 6.83. The molecule has 0 fully saturated rings. The molecular formula is C26H29N3O7S2. The minimum Gasteiger partial charge on any atom is -0.477 e. The van der Waals surface area contributed by atoms with Gasteiger partial charge in [0.2, 0.25) is 15.9 Å². The van der Waals surface area contributed by atoms with Gasteiger partial charge in [-0.3, -0.25) is 10.1 Å². The number of nitro benzene ring substituents is 1. The van der Waals surface area contributed by atoms with Gasteiger partial charge >= 0.3 is 0 Å². The molecule has 0 aliphatic heterocycles. The van der Waals surface area contributed by atoms with Crippen LogP contribution in [0.15, 0.2) is 93.1 Å². The van der Waals surface area contributed by atoms with E-state index in [1.54, 1.807) is 63.2 Å². The van der Waals surface area contributed by atoms with Crippen LogP contribution in [0.25, 0.3) is 0 Å². The summed E-state index contributed by atoms with van der Waals surface area (Å²) in [5.41, 5.74) is 1.20. The number of nitrogens with zero attached hydrogens (tertiary/aromatic N) is 2. The third-order valence-electron chi connectivity index (χ3n) is 5.57. The van der Waals surface area contributed by atoms with Crippen LogP contribution in [0.1, 0.15) is 37.9 Å². The summed E-state index contributed by atoms with van der Waals surface area (Å²) in [4.78, 5) is 10.1. The number of sulfonamides is 2. The summed E-state index contributed by atoms with van der Waals surface area (Å²) < 4.78 is 65.3. The first-order chi connectivity index (χ1) is 17.8. The van der Waals surface area contributed by atoms with E-state index in [0.29, 0.717) is 5.56 Å². The molecule has 12 heteroatoms. The van der Waals surface area contributed by atoms with Crippen LogP contribution in [0, 0.1) is 23.0 Å². The zero-order valence-electron chi connectivity index (χ0n) is 21.3. The van der Waals surface area contributed by atoms with Gasteiger partial charge in [-0.25, -0.2) is 13.1 Å². The number of non-ortho nitro benzene ring substituents is 1. The number of benzene rings is 3. The largest absolute Gasteiger partial charge is 0.477 e. The molecule has 0 aliphatic carbocycles. The minimum absolute atomic E-state index is 0.0537. The van der Waals surface area contributed by atoms with Crippen molar-refractivity contribution in [2.24, 2.45) is 10.3 Å². The number of ether oxygens (including phenoxy) is 1. The SMILES string of the molecule is Cc1ccc(S(=O)(=O)NC(c2ccccc2)C(C)C(=NS(=O)(=O)c2ccc([N+](=O)[O-])cc2)OC(C)C)cc1. The Morgan fingerprint density at radius 2 is 1.42 bits per heavy atom. The Hall–Kier alpha value is -3.61. The number of rotatable bonds is 10. The van der Waals surface area contributed by atoms with Gasteiger partial charge < -0.3 is 4.74 Å². The maximum atomic E-state index is 13.3. The van der Waals surface area contributed by atoms with Gasteiger partial charge in [0.25, 0.3) is 15.7 Å². The maximum absolute atomic E-state index is 13.3. The van der Waals surface area contributed by atoms with E-state index in [2.05, 4.69) is 9.12 Å². The zero-order valence-corrected chi connectivity index (χ0v) is 22.9. The Morgan fingerprint density at radius 3 is 1.95 bits per heavy atom. The molecule has 1 N–H and O–H groups in total. The van der Waals surface area contributed by atoms with Crippen molar-refractivity contribution in [2.75, 3.05) is 0 Å². The number of nitrogens with one attached hydrogen (secondary N) is 1. The molecule has 2 unspecified atom stereocenters. The minimum atomic E-state index is -4.35. The summed E-state index contributed by atoms with van der Waals surface area (Å²) in [7, 11) is -8.36. The van der Waals surface area contributed by atoms with E-state index in [1.807, 2.05) is 6.92 Å². The van der Waals surface area contributed by atoms with E-state index in [1.165, 1.54) is 12.1 Å². The van der Waals surface area contributed by atoms with Gasteiger partial charge in [0.15, 0.2) is 0 Å². The summed E-state index contributed by atoms with van der Waals surface area (Å²) >= 11 is 0. The van der Waals surface area contributed by atoms with Gasteiger partial charge in [0, 0.05) is 12.1 Å². The Bertz CT molecular complexity index is 1500. The zero-order chi connectivity index (χ0) is 28.1. The van der Waals surface area contributed by atoms with Crippen molar-refractivity contribution >= 4 is 31.6 Å². The molecule has 202 valence electrons. The molecule has 3 aromatic carbocycles. The fourth-order valence-corrected chi connectivity index (χ4v) is 5.92. The van der Waals surface area contributed by atoms with E-state index in [4.69, 9.17) is 4.74 Å². The molecule has 0 aromatic heterocycles. The molecular weight excluding hydrogens is 530 g/mol. The van der Waals surface area contributed by atoms with Crippen LogP contribution in [0.5, 0.6) is 0 Å². The van der Waals surface area contributed by atoms with Crippen LogP contribution in [0.2, 0.25) is 0 Å². The van der Waals surface area contributed by atoms with E-state index in [9.17, 15) is 26.9 Å². The van der Waals surface area contributed by atoms with E-state index >= 15 is 0 Å². The van der Waals surface area contributed by atoms with Gasteiger partial charge in [-0.05, 0) is 50.6 Å². The highest BCUT2D eigenvalue weighted by Crippen LogP contribution is 2.28. The van der Waals surface area contributed by atoms with Crippen molar-refractivity contribution in [3.05, 3.63) is 100 Å². The van der Waals surface area contributed by atoms with Gasteiger partial charge in [-0.15, -0.1) is 4.40 Å². The molecule has 10 nitrogen and oxygen atoms in total. The smallest absolute Gasteiger partial charge is 0.285 e. The maximum Gasteiger partial charge on any atom is 0.285 e. The molecule has 0 spiro atoms. The molecule has 0 saturated carbocycles. The Morgan fingerprint density at radius 1 is 0.868 bits per heavy atom. The molecule has 0 heterocycles. The highest BCUT2D eigenvalue weighted by atomic mass is 32.2. The average molecular weight is 560 g/mol. The van der Waals surface area contributed by atoms with Crippen molar-refractivity contribution in [1.29, 1.82) is 0 Å². The van der Waals surface area contributed by atoms with E-state index in [-0.39, 0.29) is 21.4 Å². The number of aryl methyl sites for hydroxylation is 1. The Labute approximate surface area is 222 Å².